The van der Waals surface area contributed by atoms with Crippen LogP contribution >= 0.6 is 23.4 Å². The van der Waals surface area contributed by atoms with Crippen LogP contribution in [0.4, 0.5) is 13.2 Å². The molecule has 0 aromatic rings. The molecule has 0 bridgehead atoms. The SMILES string of the molecule is FC(F)(F)SCCC1COCCC1Cl. The summed E-state index contributed by atoms with van der Waals surface area (Å²) in [6, 6.07) is 0. The Morgan fingerprint density at radius 3 is 2.71 bits per heavy atom. The first-order valence-electron chi connectivity index (χ1n) is 4.41. The number of thioether (sulfide) groups is 1. The quantitative estimate of drug-likeness (QED) is 0.709. The van der Waals surface area contributed by atoms with Crippen LogP contribution in [-0.2, 0) is 4.74 Å². The van der Waals surface area contributed by atoms with Crippen LogP contribution in [-0.4, -0.2) is 29.9 Å². The summed E-state index contributed by atoms with van der Waals surface area (Å²) < 4.78 is 40.6. The van der Waals surface area contributed by atoms with Crippen molar-refractivity contribution in [2.45, 2.75) is 23.7 Å². The molecule has 1 nitrogen and oxygen atoms in total. The van der Waals surface area contributed by atoms with Gasteiger partial charge < -0.3 is 4.74 Å². The predicted octanol–water partition coefficient (Wildman–Crippen LogP) is 3.27. The van der Waals surface area contributed by atoms with Gasteiger partial charge in [0.1, 0.15) is 0 Å². The van der Waals surface area contributed by atoms with Gasteiger partial charge in [0.05, 0.1) is 6.61 Å². The monoisotopic (exact) mass is 248 g/mol. The topological polar surface area (TPSA) is 9.23 Å². The maximum absolute atomic E-state index is 11.8. The Morgan fingerprint density at radius 2 is 2.14 bits per heavy atom. The summed E-state index contributed by atoms with van der Waals surface area (Å²) >= 11 is 5.98. The fraction of sp³-hybridized carbons (Fsp3) is 1.00. The van der Waals surface area contributed by atoms with E-state index in [2.05, 4.69) is 0 Å². The van der Waals surface area contributed by atoms with Crippen molar-refractivity contribution in [2.24, 2.45) is 5.92 Å². The van der Waals surface area contributed by atoms with Gasteiger partial charge in [0.25, 0.3) is 0 Å². The number of hydrogen-bond acceptors (Lipinski definition) is 2. The van der Waals surface area contributed by atoms with E-state index in [0.29, 0.717) is 19.6 Å². The van der Waals surface area contributed by atoms with Gasteiger partial charge in [-0.1, -0.05) is 11.8 Å². The molecule has 0 amide bonds. The molecule has 0 N–H and O–H groups in total. The first-order valence-corrected chi connectivity index (χ1v) is 5.84. The molecule has 1 rings (SSSR count). The van der Waals surface area contributed by atoms with E-state index in [-0.39, 0.29) is 28.8 Å². The van der Waals surface area contributed by atoms with Crippen molar-refractivity contribution in [3.8, 4) is 0 Å². The highest BCUT2D eigenvalue weighted by Crippen LogP contribution is 2.33. The Morgan fingerprint density at radius 1 is 1.43 bits per heavy atom. The first kappa shape index (κ1) is 12.5. The molecule has 0 aliphatic carbocycles. The molecule has 0 aromatic heterocycles. The standard InChI is InChI=1S/C8H12ClF3OS/c9-7-1-3-13-5-6(7)2-4-14-8(10,11)12/h6-7H,1-5H2. The van der Waals surface area contributed by atoms with Crippen LogP contribution in [0, 0.1) is 5.92 Å². The number of hydrogen-bond donors (Lipinski definition) is 0. The smallest absolute Gasteiger partial charge is 0.381 e. The van der Waals surface area contributed by atoms with E-state index < -0.39 is 5.51 Å². The van der Waals surface area contributed by atoms with Crippen LogP contribution in [0.5, 0.6) is 0 Å². The maximum atomic E-state index is 11.8. The Bertz CT molecular complexity index is 176. The maximum Gasteiger partial charge on any atom is 0.441 e. The predicted molar refractivity (Wildman–Crippen MR) is 51.7 cm³/mol. The number of alkyl halides is 4. The summed E-state index contributed by atoms with van der Waals surface area (Å²) in [7, 11) is 0. The number of ether oxygens (including phenoxy) is 1. The normalized spacial score (nSPS) is 29.1. The molecule has 84 valence electrons. The van der Waals surface area contributed by atoms with Crippen molar-refractivity contribution < 1.29 is 17.9 Å². The van der Waals surface area contributed by atoms with Crippen molar-refractivity contribution in [1.29, 1.82) is 0 Å². The second kappa shape index (κ2) is 5.47. The van der Waals surface area contributed by atoms with E-state index in [9.17, 15) is 13.2 Å². The molecule has 1 fully saturated rings. The molecule has 0 saturated carbocycles. The van der Waals surface area contributed by atoms with Gasteiger partial charge in [-0.05, 0) is 18.8 Å². The van der Waals surface area contributed by atoms with E-state index in [1.165, 1.54) is 0 Å². The molecule has 1 aliphatic heterocycles. The summed E-state index contributed by atoms with van der Waals surface area (Å²) in [5.41, 5.74) is -4.13. The van der Waals surface area contributed by atoms with E-state index in [1.54, 1.807) is 0 Å². The lowest BCUT2D eigenvalue weighted by atomic mass is 9.99. The van der Waals surface area contributed by atoms with Gasteiger partial charge in [0.15, 0.2) is 0 Å². The lowest BCUT2D eigenvalue weighted by molar-refractivity contribution is -0.0329. The highest BCUT2D eigenvalue weighted by molar-refractivity contribution is 8.00. The van der Waals surface area contributed by atoms with Crippen molar-refractivity contribution in [3.63, 3.8) is 0 Å². The summed E-state index contributed by atoms with van der Waals surface area (Å²) in [6.45, 7) is 1.11. The van der Waals surface area contributed by atoms with Crippen LogP contribution in [0.3, 0.4) is 0 Å². The van der Waals surface area contributed by atoms with E-state index in [1.807, 2.05) is 0 Å². The van der Waals surface area contributed by atoms with Crippen molar-refractivity contribution >= 4 is 23.4 Å². The van der Waals surface area contributed by atoms with Gasteiger partial charge in [-0.3, -0.25) is 0 Å². The molecule has 14 heavy (non-hydrogen) atoms. The van der Waals surface area contributed by atoms with E-state index >= 15 is 0 Å². The first-order chi connectivity index (χ1) is 6.49. The average molecular weight is 249 g/mol. The van der Waals surface area contributed by atoms with E-state index in [4.69, 9.17) is 16.3 Å². The molecular weight excluding hydrogens is 237 g/mol. The van der Waals surface area contributed by atoms with Crippen molar-refractivity contribution in [2.75, 3.05) is 19.0 Å². The summed E-state index contributed by atoms with van der Waals surface area (Å²) in [5, 5.41) is -0.0300. The Hall–Kier alpha value is 0.390. The molecule has 0 aromatic carbocycles. The Kier molecular flexibility index (Phi) is 4.87. The van der Waals surface area contributed by atoms with Gasteiger partial charge in [0, 0.05) is 17.7 Å². The van der Waals surface area contributed by atoms with Crippen LogP contribution in [0.15, 0.2) is 0 Å². The highest BCUT2D eigenvalue weighted by Gasteiger charge is 2.30. The number of rotatable bonds is 3. The van der Waals surface area contributed by atoms with E-state index in [0.717, 1.165) is 6.42 Å². The van der Waals surface area contributed by atoms with Crippen LogP contribution in [0.25, 0.3) is 0 Å². The molecule has 1 saturated heterocycles. The van der Waals surface area contributed by atoms with Crippen LogP contribution in [0.2, 0.25) is 0 Å². The molecule has 0 spiro atoms. The molecule has 0 radical (unpaired) electrons. The van der Waals surface area contributed by atoms with Gasteiger partial charge in [-0.25, -0.2) is 0 Å². The van der Waals surface area contributed by atoms with Crippen LogP contribution < -0.4 is 0 Å². The van der Waals surface area contributed by atoms with Crippen LogP contribution in [0.1, 0.15) is 12.8 Å². The summed E-state index contributed by atoms with van der Waals surface area (Å²) in [6.07, 6.45) is 1.21. The molecule has 1 aliphatic rings. The van der Waals surface area contributed by atoms with Gasteiger partial charge in [-0.15, -0.1) is 11.6 Å². The number of halogens is 4. The minimum Gasteiger partial charge on any atom is -0.381 e. The third-order valence-electron chi connectivity index (χ3n) is 2.14. The molecule has 2 unspecified atom stereocenters. The van der Waals surface area contributed by atoms with Gasteiger partial charge >= 0.3 is 5.51 Å². The summed E-state index contributed by atoms with van der Waals surface area (Å²) in [5.74, 6) is 0.140. The lowest BCUT2D eigenvalue weighted by Gasteiger charge is -2.27. The fourth-order valence-corrected chi connectivity index (χ4v) is 2.30. The zero-order chi connectivity index (χ0) is 10.6. The highest BCUT2D eigenvalue weighted by atomic mass is 35.5. The largest absolute Gasteiger partial charge is 0.441 e. The van der Waals surface area contributed by atoms with Gasteiger partial charge in [0.2, 0.25) is 0 Å². The Labute approximate surface area is 90.3 Å². The Balaban J connectivity index is 2.17. The minimum atomic E-state index is -4.13. The third-order valence-corrected chi connectivity index (χ3v) is 3.48. The second-order valence-corrected chi connectivity index (χ2v) is 4.94. The fourth-order valence-electron chi connectivity index (χ4n) is 1.36. The summed E-state index contributed by atoms with van der Waals surface area (Å²) in [4.78, 5) is 0. The molecular formula is C8H12ClF3OS. The zero-order valence-electron chi connectivity index (χ0n) is 7.52. The van der Waals surface area contributed by atoms with Crippen molar-refractivity contribution in [1.82, 2.24) is 0 Å². The van der Waals surface area contributed by atoms with Crippen molar-refractivity contribution in [3.05, 3.63) is 0 Å². The minimum absolute atomic E-state index is 0.0151. The average Bonchev–Trinajstić information content (AvgIpc) is 2.06. The van der Waals surface area contributed by atoms with Gasteiger partial charge in [-0.2, -0.15) is 13.2 Å². The third kappa shape index (κ3) is 4.75. The zero-order valence-corrected chi connectivity index (χ0v) is 9.09. The lowest BCUT2D eigenvalue weighted by Crippen LogP contribution is -2.28. The molecule has 1 heterocycles. The second-order valence-electron chi connectivity index (χ2n) is 3.22. The molecule has 6 heteroatoms. The molecule has 2 atom stereocenters.